The number of rotatable bonds is 4. The van der Waals surface area contributed by atoms with Crippen molar-refractivity contribution in [2.75, 3.05) is 0 Å². The molecule has 0 atom stereocenters. The molecule has 0 fully saturated rings. The highest BCUT2D eigenvalue weighted by Crippen LogP contribution is 2.05. The van der Waals surface area contributed by atoms with Gasteiger partial charge in [-0.25, -0.2) is 13.1 Å². The molecule has 16 heavy (non-hydrogen) atoms. The van der Waals surface area contributed by atoms with Crippen molar-refractivity contribution in [2.24, 2.45) is 0 Å². The van der Waals surface area contributed by atoms with Crippen LogP contribution in [0.1, 0.15) is 11.7 Å². The maximum absolute atomic E-state index is 11.6. The Kier molecular flexibility index (Phi) is 2.71. The van der Waals surface area contributed by atoms with Gasteiger partial charge in [0.2, 0.25) is 15.9 Å². The molecular formula is C7H9N5O3S. The molecule has 0 aliphatic rings. The van der Waals surface area contributed by atoms with Crippen LogP contribution in [0.4, 0.5) is 0 Å². The minimum absolute atomic E-state index is 0.0230. The van der Waals surface area contributed by atoms with E-state index >= 15 is 0 Å². The summed E-state index contributed by atoms with van der Waals surface area (Å²) in [6, 6.07) is 0. The first kappa shape index (κ1) is 10.8. The third-order valence-corrected chi connectivity index (χ3v) is 3.14. The molecule has 9 heteroatoms. The van der Waals surface area contributed by atoms with Gasteiger partial charge in [0.1, 0.15) is 4.90 Å². The smallest absolute Gasteiger partial charge is 0.244 e. The van der Waals surface area contributed by atoms with E-state index < -0.39 is 10.0 Å². The van der Waals surface area contributed by atoms with Crippen LogP contribution < -0.4 is 4.72 Å². The number of hydrogen-bond acceptors (Lipinski definition) is 6. The summed E-state index contributed by atoms with van der Waals surface area (Å²) in [5.41, 5.74) is 0. The molecule has 0 bridgehead atoms. The van der Waals surface area contributed by atoms with E-state index in [-0.39, 0.29) is 17.3 Å². The Morgan fingerprint density at radius 3 is 2.94 bits per heavy atom. The highest BCUT2D eigenvalue weighted by atomic mass is 32.2. The van der Waals surface area contributed by atoms with Gasteiger partial charge in [-0.2, -0.15) is 10.1 Å². The van der Waals surface area contributed by atoms with Crippen LogP contribution >= 0.6 is 0 Å². The number of nitrogens with one attached hydrogen (secondary N) is 2. The van der Waals surface area contributed by atoms with E-state index in [9.17, 15) is 8.42 Å². The van der Waals surface area contributed by atoms with Crippen molar-refractivity contribution < 1.29 is 12.9 Å². The Labute approximate surface area is 91.1 Å². The molecule has 2 aromatic rings. The first-order chi connectivity index (χ1) is 7.58. The quantitative estimate of drug-likeness (QED) is 0.753. The lowest BCUT2D eigenvalue weighted by Gasteiger charge is -2.00. The minimum atomic E-state index is -3.57. The zero-order chi connectivity index (χ0) is 11.6. The number of aromatic nitrogens is 4. The second-order valence-electron chi connectivity index (χ2n) is 2.99. The number of aryl methyl sites for hydroxylation is 1. The predicted molar refractivity (Wildman–Crippen MR) is 51.6 cm³/mol. The molecular weight excluding hydrogens is 234 g/mol. The normalized spacial score (nSPS) is 11.8. The first-order valence-corrected chi connectivity index (χ1v) is 5.84. The van der Waals surface area contributed by atoms with Crippen LogP contribution in [0.15, 0.2) is 21.8 Å². The number of hydrogen-bond donors (Lipinski definition) is 2. The highest BCUT2D eigenvalue weighted by Gasteiger charge is 2.15. The fraction of sp³-hybridized carbons (Fsp3) is 0.286. The van der Waals surface area contributed by atoms with Crippen LogP contribution in [0.3, 0.4) is 0 Å². The van der Waals surface area contributed by atoms with Gasteiger partial charge in [-0.05, 0) is 0 Å². The monoisotopic (exact) mass is 243 g/mol. The highest BCUT2D eigenvalue weighted by molar-refractivity contribution is 7.89. The molecule has 2 heterocycles. The largest absolute Gasteiger partial charge is 0.340 e. The molecule has 2 aromatic heterocycles. The molecule has 0 aliphatic heterocycles. The van der Waals surface area contributed by atoms with Crippen molar-refractivity contribution in [3.8, 4) is 0 Å². The van der Waals surface area contributed by atoms with Crippen LogP contribution in [0, 0.1) is 6.92 Å². The molecule has 0 amide bonds. The van der Waals surface area contributed by atoms with E-state index in [0.29, 0.717) is 5.89 Å². The molecule has 8 nitrogen and oxygen atoms in total. The van der Waals surface area contributed by atoms with Crippen LogP contribution in [-0.2, 0) is 16.6 Å². The summed E-state index contributed by atoms with van der Waals surface area (Å²) in [5.74, 6) is 0.669. The Morgan fingerprint density at radius 1 is 1.56 bits per heavy atom. The fourth-order valence-corrected chi connectivity index (χ4v) is 1.93. The Balaban J connectivity index is 2.06. The van der Waals surface area contributed by atoms with Crippen molar-refractivity contribution in [2.45, 2.75) is 18.4 Å². The molecule has 2 N–H and O–H groups in total. The average molecular weight is 243 g/mol. The number of sulfonamides is 1. The van der Waals surface area contributed by atoms with Gasteiger partial charge in [0.15, 0.2) is 5.82 Å². The molecule has 0 aromatic carbocycles. The van der Waals surface area contributed by atoms with Gasteiger partial charge < -0.3 is 4.52 Å². The summed E-state index contributed by atoms with van der Waals surface area (Å²) < 4.78 is 30.3. The van der Waals surface area contributed by atoms with Gasteiger partial charge in [-0.1, -0.05) is 5.16 Å². The van der Waals surface area contributed by atoms with Crippen LogP contribution in [0.25, 0.3) is 0 Å². The van der Waals surface area contributed by atoms with Gasteiger partial charge >= 0.3 is 0 Å². The van der Waals surface area contributed by atoms with Crippen molar-refractivity contribution in [3.63, 3.8) is 0 Å². The lowest BCUT2D eigenvalue weighted by atomic mass is 10.6. The Bertz CT molecular complexity index is 559. The van der Waals surface area contributed by atoms with Gasteiger partial charge in [0.05, 0.1) is 12.7 Å². The summed E-state index contributed by atoms with van der Waals surface area (Å²) in [4.78, 5) is 3.93. The molecule has 0 saturated carbocycles. The van der Waals surface area contributed by atoms with Gasteiger partial charge in [-0.3, -0.25) is 5.10 Å². The first-order valence-electron chi connectivity index (χ1n) is 4.35. The lowest BCUT2D eigenvalue weighted by molar-refractivity contribution is 0.387. The number of aromatic amines is 1. The van der Waals surface area contributed by atoms with Crippen LogP contribution in [0.2, 0.25) is 0 Å². The third kappa shape index (κ3) is 2.25. The molecule has 2 rings (SSSR count). The van der Waals surface area contributed by atoms with E-state index in [0.717, 1.165) is 0 Å². The molecule has 86 valence electrons. The van der Waals surface area contributed by atoms with Crippen LogP contribution in [0.5, 0.6) is 0 Å². The van der Waals surface area contributed by atoms with E-state index in [2.05, 4.69) is 25.1 Å². The van der Waals surface area contributed by atoms with E-state index in [1.54, 1.807) is 6.92 Å². The zero-order valence-corrected chi connectivity index (χ0v) is 9.15. The SMILES string of the molecule is Cc1nc(CNS(=O)(=O)c2cn[nH]c2)no1. The summed E-state index contributed by atoms with van der Waals surface area (Å²) in [6.45, 7) is 1.60. The van der Waals surface area contributed by atoms with Crippen molar-refractivity contribution >= 4 is 10.0 Å². The molecule has 0 aliphatic carbocycles. The standard InChI is InChI=1S/C7H9N5O3S/c1-5-11-7(12-15-5)4-10-16(13,14)6-2-8-9-3-6/h2-3,10H,4H2,1H3,(H,8,9). The average Bonchev–Trinajstić information content (AvgIpc) is 2.85. The Hall–Kier alpha value is -1.74. The van der Waals surface area contributed by atoms with Gasteiger partial charge in [0, 0.05) is 13.1 Å². The number of nitrogens with zero attached hydrogens (tertiary/aromatic N) is 3. The summed E-state index contributed by atoms with van der Waals surface area (Å²) in [5, 5.41) is 9.54. The summed E-state index contributed by atoms with van der Waals surface area (Å²) in [7, 11) is -3.57. The van der Waals surface area contributed by atoms with E-state index in [4.69, 9.17) is 4.52 Å². The van der Waals surface area contributed by atoms with Crippen molar-refractivity contribution in [3.05, 3.63) is 24.1 Å². The van der Waals surface area contributed by atoms with E-state index in [1.807, 2.05) is 0 Å². The van der Waals surface area contributed by atoms with E-state index in [1.165, 1.54) is 12.4 Å². The van der Waals surface area contributed by atoms with Gasteiger partial charge in [-0.15, -0.1) is 0 Å². The lowest BCUT2D eigenvalue weighted by Crippen LogP contribution is -2.23. The topological polar surface area (TPSA) is 114 Å². The summed E-state index contributed by atoms with van der Waals surface area (Å²) >= 11 is 0. The third-order valence-electron chi connectivity index (χ3n) is 1.77. The molecule has 0 unspecified atom stereocenters. The summed E-state index contributed by atoms with van der Waals surface area (Å²) in [6.07, 6.45) is 2.49. The maximum Gasteiger partial charge on any atom is 0.244 e. The predicted octanol–water partition coefficient (Wildman–Crippen LogP) is -0.420. The Morgan fingerprint density at radius 2 is 2.38 bits per heavy atom. The molecule has 0 spiro atoms. The molecule has 0 saturated heterocycles. The van der Waals surface area contributed by atoms with Crippen molar-refractivity contribution in [1.82, 2.24) is 25.1 Å². The zero-order valence-electron chi connectivity index (χ0n) is 8.34. The number of H-pyrrole nitrogens is 1. The second-order valence-corrected chi connectivity index (χ2v) is 4.76. The van der Waals surface area contributed by atoms with Gasteiger partial charge in [0.25, 0.3) is 0 Å². The fourth-order valence-electron chi connectivity index (χ4n) is 1.04. The van der Waals surface area contributed by atoms with Crippen molar-refractivity contribution in [1.29, 1.82) is 0 Å². The second kappa shape index (κ2) is 4.02. The van der Waals surface area contributed by atoms with Crippen LogP contribution in [-0.4, -0.2) is 28.8 Å². The minimum Gasteiger partial charge on any atom is -0.340 e. The maximum atomic E-state index is 11.6. The molecule has 0 radical (unpaired) electrons.